The van der Waals surface area contributed by atoms with Crippen molar-refractivity contribution in [3.63, 3.8) is 0 Å². The van der Waals surface area contributed by atoms with E-state index < -0.39 is 53.9 Å². The van der Waals surface area contributed by atoms with E-state index in [9.17, 15) is 33.4 Å². The molecule has 0 fully saturated rings. The second-order valence-corrected chi connectivity index (χ2v) is 10.5. The van der Waals surface area contributed by atoms with Gasteiger partial charge in [0.25, 0.3) is 11.4 Å². The molecule has 1 N–H and O–H groups in total. The van der Waals surface area contributed by atoms with Gasteiger partial charge in [-0.2, -0.15) is 4.31 Å². The van der Waals surface area contributed by atoms with Crippen LogP contribution >= 0.6 is 0 Å². The van der Waals surface area contributed by atoms with Crippen molar-refractivity contribution in [1.29, 1.82) is 0 Å². The molecule has 1 amide bonds. The number of nitro groups is 2. The number of nitro benzene ring substituents is 2. The lowest BCUT2D eigenvalue weighted by Gasteiger charge is -2.27. The number of ether oxygens (including phenoxy) is 1. The normalized spacial score (nSPS) is 12.7. The Labute approximate surface area is 196 Å². The summed E-state index contributed by atoms with van der Waals surface area (Å²) >= 11 is 0. The highest BCUT2D eigenvalue weighted by atomic mass is 32.2. The van der Waals surface area contributed by atoms with Gasteiger partial charge < -0.3 is 10.1 Å². The van der Waals surface area contributed by atoms with Crippen LogP contribution in [0.5, 0.6) is 0 Å². The SMILES string of the molecule is CN(C[C@H](Cc1ccccc1)NC(=O)OC(C)(C)C)S(=O)(=O)c1ccc([N+](=O)[O-])cc1[N+](=O)[O-]. The van der Waals surface area contributed by atoms with Crippen molar-refractivity contribution in [2.24, 2.45) is 0 Å². The van der Waals surface area contributed by atoms with E-state index in [1.807, 2.05) is 6.07 Å². The van der Waals surface area contributed by atoms with Crippen molar-refractivity contribution in [1.82, 2.24) is 9.62 Å². The average molecular weight is 495 g/mol. The molecule has 13 heteroatoms. The number of carbonyl (C=O) groups excluding carboxylic acids is 1. The van der Waals surface area contributed by atoms with Gasteiger partial charge >= 0.3 is 6.09 Å². The molecule has 34 heavy (non-hydrogen) atoms. The predicted octanol–water partition coefficient (Wildman–Crippen LogP) is 3.26. The predicted molar refractivity (Wildman–Crippen MR) is 123 cm³/mol. The van der Waals surface area contributed by atoms with Crippen LogP contribution in [0.25, 0.3) is 0 Å². The van der Waals surface area contributed by atoms with Gasteiger partial charge in [0.15, 0.2) is 4.90 Å². The summed E-state index contributed by atoms with van der Waals surface area (Å²) in [5.41, 5.74) is -1.49. The maximum atomic E-state index is 13.1. The fourth-order valence-corrected chi connectivity index (χ4v) is 4.44. The number of likely N-dealkylation sites (N-methyl/N-ethyl adjacent to an activating group) is 1. The molecule has 0 bridgehead atoms. The Morgan fingerprint density at radius 1 is 1.09 bits per heavy atom. The number of sulfonamides is 1. The molecule has 0 aliphatic carbocycles. The van der Waals surface area contributed by atoms with E-state index in [-0.39, 0.29) is 13.0 Å². The summed E-state index contributed by atoms with van der Waals surface area (Å²) in [6.07, 6.45) is -0.497. The lowest BCUT2D eigenvalue weighted by atomic mass is 10.1. The Bertz CT molecular complexity index is 1160. The molecule has 0 aliphatic heterocycles. The van der Waals surface area contributed by atoms with Gasteiger partial charge in [-0.25, -0.2) is 13.2 Å². The first-order valence-corrected chi connectivity index (χ1v) is 11.6. The Hall–Kier alpha value is -3.58. The van der Waals surface area contributed by atoms with Crippen molar-refractivity contribution in [2.45, 2.75) is 43.7 Å². The molecule has 184 valence electrons. The Morgan fingerprint density at radius 3 is 2.24 bits per heavy atom. The molecule has 1 atom stereocenters. The summed E-state index contributed by atoms with van der Waals surface area (Å²) in [5, 5.41) is 25.0. The number of rotatable bonds is 9. The summed E-state index contributed by atoms with van der Waals surface area (Å²) in [6, 6.07) is 10.6. The van der Waals surface area contributed by atoms with Gasteiger partial charge in [-0.05, 0) is 38.8 Å². The number of hydrogen-bond donors (Lipinski definition) is 1. The number of benzene rings is 2. The van der Waals surface area contributed by atoms with E-state index >= 15 is 0 Å². The second-order valence-electron chi connectivity index (χ2n) is 8.48. The molecular weight excluding hydrogens is 468 g/mol. The maximum Gasteiger partial charge on any atom is 0.407 e. The molecular formula is C21H26N4O8S. The lowest BCUT2D eigenvalue weighted by molar-refractivity contribution is -0.396. The van der Waals surface area contributed by atoms with Crippen LogP contribution in [0, 0.1) is 20.2 Å². The summed E-state index contributed by atoms with van der Waals surface area (Å²) in [5.74, 6) is 0. The van der Waals surface area contributed by atoms with Gasteiger partial charge in [-0.3, -0.25) is 20.2 Å². The summed E-state index contributed by atoms with van der Waals surface area (Å²) in [4.78, 5) is 32.2. The van der Waals surface area contributed by atoms with Gasteiger partial charge in [0.2, 0.25) is 10.0 Å². The highest BCUT2D eigenvalue weighted by Gasteiger charge is 2.33. The number of hydrogen-bond acceptors (Lipinski definition) is 8. The van der Waals surface area contributed by atoms with Crippen LogP contribution in [-0.2, 0) is 21.2 Å². The van der Waals surface area contributed by atoms with E-state index in [1.54, 1.807) is 45.0 Å². The third-order valence-electron chi connectivity index (χ3n) is 4.56. The quantitative estimate of drug-likeness (QED) is 0.410. The first kappa shape index (κ1) is 26.7. The van der Waals surface area contributed by atoms with Crippen LogP contribution in [0.15, 0.2) is 53.4 Å². The third kappa shape index (κ3) is 7.22. The zero-order chi connectivity index (χ0) is 25.7. The Kier molecular flexibility index (Phi) is 8.29. The molecule has 2 aromatic carbocycles. The van der Waals surface area contributed by atoms with Crippen LogP contribution in [0.2, 0.25) is 0 Å². The molecule has 0 radical (unpaired) electrons. The van der Waals surface area contributed by atoms with Crippen molar-refractivity contribution in [3.8, 4) is 0 Å². The topological polar surface area (TPSA) is 162 Å². The van der Waals surface area contributed by atoms with Gasteiger partial charge in [0, 0.05) is 19.7 Å². The first-order valence-electron chi connectivity index (χ1n) is 10.1. The Balaban J connectivity index is 2.35. The minimum absolute atomic E-state index is 0.245. The van der Waals surface area contributed by atoms with Crippen LogP contribution in [0.3, 0.4) is 0 Å². The van der Waals surface area contributed by atoms with Gasteiger partial charge in [0.1, 0.15) is 5.60 Å². The minimum Gasteiger partial charge on any atom is -0.444 e. The Morgan fingerprint density at radius 2 is 1.71 bits per heavy atom. The number of amides is 1. The van der Waals surface area contributed by atoms with Crippen molar-refractivity contribution in [2.75, 3.05) is 13.6 Å². The number of carbonyl (C=O) groups is 1. The van der Waals surface area contributed by atoms with Gasteiger partial charge in [-0.1, -0.05) is 30.3 Å². The second kappa shape index (κ2) is 10.6. The van der Waals surface area contributed by atoms with Crippen LogP contribution in [0.1, 0.15) is 26.3 Å². The molecule has 12 nitrogen and oxygen atoms in total. The molecule has 0 unspecified atom stereocenters. The van der Waals surface area contributed by atoms with Crippen LogP contribution in [-0.4, -0.2) is 53.9 Å². The van der Waals surface area contributed by atoms with E-state index in [1.165, 1.54) is 7.05 Å². The lowest BCUT2D eigenvalue weighted by Crippen LogP contribution is -2.47. The van der Waals surface area contributed by atoms with E-state index in [2.05, 4.69) is 5.32 Å². The highest BCUT2D eigenvalue weighted by molar-refractivity contribution is 7.89. The summed E-state index contributed by atoms with van der Waals surface area (Å²) in [7, 11) is -3.23. The van der Waals surface area contributed by atoms with Crippen molar-refractivity contribution >= 4 is 27.5 Å². The zero-order valence-corrected chi connectivity index (χ0v) is 19.9. The fourth-order valence-electron chi connectivity index (χ4n) is 3.09. The van der Waals surface area contributed by atoms with Gasteiger partial charge in [0.05, 0.1) is 22.0 Å². The van der Waals surface area contributed by atoms with E-state index in [0.717, 1.165) is 22.0 Å². The first-order chi connectivity index (χ1) is 15.7. The summed E-state index contributed by atoms with van der Waals surface area (Å²) < 4.78 is 32.4. The van der Waals surface area contributed by atoms with E-state index in [4.69, 9.17) is 4.74 Å². The smallest absolute Gasteiger partial charge is 0.407 e. The van der Waals surface area contributed by atoms with Crippen molar-refractivity contribution < 1.29 is 27.8 Å². The van der Waals surface area contributed by atoms with Crippen molar-refractivity contribution in [3.05, 3.63) is 74.3 Å². The molecule has 0 spiro atoms. The van der Waals surface area contributed by atoms with Crippen LogP contribution < -0.4 is 5.32 Å². The minimum atomic E-state index is -4.44. The molecule has 2 rings (SSSR count). The molecule has 2 aromatic rings. The highest BCUT2D eigenvalue weighted by Crippen LogP contribution is 2.30. The molecule has 0 heterocycles. The molecule has 0 aromatic heterocycles. The molecule has 0 saturated carbocycles. The number of nitrogens with zero attached hydrogens (tertiary/aromatic N) is 3. The maximum absolute atomic E-state index is 13.1. The molecule has 0 saturated heterocycles. The number of non-ortho nitro benzene ring substituents is 1. The fraction of sp³-hybridized carbons (Fsp3) is 0.381. The zero-order valence-electron chi connectivity index (χ0n) is 19.1. The average Bonchev–Trinajstić information content (AvgIpc) is 2.72. The standard InChI is InChI=1S/C21H26N4O8S/c1-21(2,3)33-20(26)22-16(12-15-8-6-5-7-9-15)14-23(4)34(31,32)19-11-10-17(24(27)28)13-18(19)25(29)30/h5-11,13,16H,12,14H2,1-4H3,(H,22,26)/t16-/m0/s1. The number of nitrogens with one attached hydrogen (secondary N) is 1. The number of alkyl carbamates (subject to hydrolysis) is 1. The summed E-state index contributed by atoms with van der Waals surface area (Å²) in [6.45, 7) is 4.81. The monoisotopic (exact) mass is 494 g/mol. The largest absolute Gasteiger partial charge is 0.444 e. The van der Waals surface area contributed by atoms with Crippen LogP contribution in [0.4, 0.5) is 16.2 Å². The van der Waals surface area contributed by atoms with Gasteiger partial charge in [-0.15, -0.1) is 0 Å². The molecule has 0 aliphatic rings. The van der Waals surface area contributed by atoms with E-state index in [0.29, 0.717) is 6.07 Å². The third-order valence-corrected chi connectivity index (χ3v) is 6.43.